The summed E-state index contributed by atoms with van der Waals surface area (Å²) in [5.41, 5.74) is 0. The Morgan fingerprint density at radius 3 is 2.75 bits per heavy atom. The summed E-state index contributed by atoms with van der Waals surface area (Å²) >= 11 is 0. The van der Waals surface area contributed by atoms with Crippen LogP contribution in [0.4, 0.5) is 0 Å². The molecule has 0 fully saturated rings. The van der Waals surface area contributed by atoms with Gasteiger partial charge in [0.05, 0.1) is 0 Å². The van der Waals surface area contributed by atoms with Crippen LogP contribution in [0.1, 0.15) is 6.92 Å². The van der Waals surface area contributed by atoms with Gasteiger partial charge in [0.25, 0.3) is 5.91 Å². The molecular formula is C12H17NO3. The van der Waals surface area contributed by atoms with Crippen molar-refractivity contribution >= 4 is 5.91 Å². The van der Waals surface area contributed by atoms with E-state index in [1.807, 2.05) is 25.1 Å². The molecule has 1 aromatic rings. The number of aliphatic hydroxyl groups is 1. The van der Waals surface area contributed by atoms with Crippen LogP contribution in [0.5, 0.6) is 5.75 Å². The Morgan fingerprint density at radius 1 is 1.44 bits per heavy atom. The maximum absolute atomic E-state index is 11.3. The minimum atomic E-state index is -0.177. The summed E-state index contributed by atoms with van der Waals surface area (Å²) in [6, 6.07) is 9.17. The number of ether oxygens (including phenoxy) is 1. The van der Waals surface area contributed by atoms with Gasteiger partial charge in [-0.1, -0.05) is 25.1 Å². The van der Waals surface area contributed by atoms with Crippen LogP contribution in [-0.4, -0.2) is 30.8 Å². The van der Waals surface area contributed by atoms with E-state index in [2.05, 4.69) is 5.32 Å². The lowest BCUT2D eigenvalue weighted by Crippen LogP contribution is -2.33. The molecule has 1 aromatic carbocycles. The maximum atomic E-state index is 11.3. The first-order chi connectivity index (χ1) is 7.72. The molecule has 0 heterocycles. The largest absolute Gasteiger partial charge is 0.484 e. The lowest BCUT2D eigenvalue weighted by molar-refractivity contribution is -0.123. The smallest absolute Gasteiger partial charge is 0.257 e. The standard InChI is InChI=1S/C12H17NO3/c1-10(8-14)7-13-12(15)9-16-11-5-3-2-4-6-11/h2-6,10,14H,7-9H2,1H3,(H,13,15). The number of rotatable bonds is 6. The number of benzene rings is 1. The van der Waals surface area contributed by atoms with E-state index in [1.54, 1.807) is 12.1 Å². The van der Waals surface area contributed by atoms with Crippen molar-refractivity contribution in [2.24, 2.45) is 5.92 Å². The van der Waals surface area contributed by atoms with Gasteiger partial charge in [-0.25, -0.2) is 0 Å². The molecule has 4 heteroatoms. The third-order valence-electron chi connectivity index (χ3n) is 2.07. The van der Waals surface area contributed by atoms with Crippen LogP contribution >= 0.6 is 0 Å². The molecule has 4 nitrogen and oxygen atoms in total. The molecule has 88 valence electrons. The number of hydrogen-bond donors (Lipinski definition) is 2. The fourth-order valence-corrected chi connectivity index (χ4v) is 1.07. The Bertz CT molecular complexity index is 313. The highest BCUT2D eigenvalue weighted by molar-refractivity contribution is 5.77. The van der Waals surface area contributed by atoms with E-state index >= 15 is 0 Å². The van der Waals surface area contributed by atoms with Crippen molar-refractivity contribution in [1.29, 1.82) is 0 Å². The first-order valence-electron chi connectivity index (χ1n) is 5.27. The molecule has 0 aromatic heterocycles. The van der Waals surface area contributed by atoms with E-state index in [0.717, 1.165) is 0 Å². The Balaban J connectivity index is 2.20. The minimum Gasteiger partial charge on any atom is -0.484 e. The predicted molar refractivity (Wildman–Crippen MR) is 61.2 cm³/mol. The molecule has 0 radical (unpaired) electrons. The molecule has 2 N–H and O–H groups in total. The molecule has 0 bridgehead atoms. The minimum absolute atomic E-state index is 0.00214. The number of hydrogen-bond acceptors (Lipinski definition) is 3. The second-order valence-electron chi connectivity index (χ2n) is 3.69. The summed E-state index contributed by atoms with van der Waals surface area (Å²) in [7, 11) is 0. The van der Waals surface area contributed by atoms with Gasteiger partial charge in [0, 0.05) is 13.2 Å². The van der Waals surface area contributed by atoms with Crippen LogP contribution < -0.4 is 10.1 Å². The molecule has 0 spiro atoms. The van der Waals surface area contributed by atoms with Crippen molar-refractivity contribution in [2.75, 3.05) is 19.8 Å². The highest BCUT2D eigenvalue weighted by atomic mass is 16.5. The third-order valence-corrected chi connectivity index (χ3v) is 2.07. The first kappa shape index (κ1) is 12.5. The van der Waals surface area contributed by atoms with Crippen LogP contribution in [0.25, 0.3) is 0 Å². The quantitative estimate of drug-likeness (QED) is 0.750. The summed E-state index contributed by atoms with van der Waals surface area (Å²) in [6.07, 6.45) is 0. The third kappa shape index (κ3) is 4.79. The summed E-state index contributed by atoms with van der Waals surface area (Å²) in [5.74, 6) is 0.567. The normalized spacial score (nSPS) is 11.9. The van der Waals surface area contributed by atoms with Gasteiger partial charge in [-0.15, -0.1) is 0 Å². The highest BCUT2D eigenvalue weighted by Crippen LogP contribution is 2.07. The van der Waals surface area contributed by atoms with Crippen molar-refractivity contribution in [2.45, 2.75) is 6.92 Å². The van der Waals surface area contributed by atoms with Gasteiger partial charge >= 0.3 is 0 Å². The summed E-state index contributed by atoms with van der Waals surface area (Å²) in [5, 5.41) is 11.5. The van der Waals surface area contributed by atoms with Crippen molar-refractivity contribution in [3.8, 4) is 5.75 Å². The van der Waals surface area contributed by atoms with Crippen molar-refractivity contribution < 1.29 is 14.6 Å². The Labute approximate surface area is 95.2 Å². The number of para-hydroxylation sites is 1. The molecule has 1 unspecified atom stereocenters. The number of carbonyl (C=O) groups is 1. The lowest BCUT2D eigenvalue weighted by Gasteiger charge is -2.10. The van der Waals surface area contributed by atoms with E-state index in [4.69, 9.17) is 9.84 Å². The van der Waals surface area contributed by atoms with Gasteiger partial charge in [-0.3, -0.25) is 4.79 Å². The zero-order chi connectivity index (χ0) is 11.8. The molecule has 1 atom stereocenters. The van der Waals surface area contributed by atoms with Crippen LogP contribution in [0.3, 0.4) is 0 Å². The zero-order valence-electron chi connectivity index (χ0n) is 9.35. The number of aliphatic hydroxyl groups excluding tert-OH is 1. The average Bonchev–Trinajstić information content (AvgIpc) is 2.34. The van der Waals surface area contributed by atoms with Crippen molar-refractivity contribution in [3.63, 3.8) is 0 Å². The summed E-state index contributed by atoms with van der Waals surface area (Å²) in [4.78, 5) is 11.3. The number of nitrogens with one attached hydrogen (secondary N) is 1. The first-order valence-corrected chi connectivity index (χ1v) is 5.27. The lowest BCUT2D eigenvalue weighted by atomic mass is 10.2. The van der Waals surface area contributed by atoms with Crippen LogP contribution in [-0.2, 0) is 4.79 Å². The van der Waals surface area contributed by atoms with E-state index in [1.165, 1.54) is 0 Å². The molecular weight excluding hydrogens is 206 g/mol. The summed E-state index contributed by atoms with van der Waals surface area (Å²) in [6.45, 7) is 2.40. The average molecular weight is 223 g/mol. The van der Waals surface area contributed by atoms with E-state index in [-0.39, 0.29) is 25.0 Å². The Morgan fingerprint density at radius 2 is 2.12 bits per heavy atom. The zero-order valence-corrected chi connectivity index (χ0v) is 9.35. The molecule has 1 rings (SSSR count). The van der Waals surface area contributed by atoms with Gasteiger partial charge in [0.15, 0.2) is 6.61 Å². The van der Waals surface area contributed by atoms with Gasteiger partial charge < -0.3 is 15.2 Å². The molecule has 16 heavy (non-hydrogen) atoms. The van der Waals surface area contributed by atoms with E-state index in [0.29, 0.717) is 12.3 Å². The SMILES string of the molecule is CC(CO)CNC(=O)COc1ccccc1. The van der Waals surface area contributed by atoms with Crippen molar-refractivity contribution in [1.82, 2.24) is 5.32 Å². The van der Waals surface area contributed by atoms with E-state index < -0.39 is 0 Å². The predicted octanol–water partition coefficient (Wildman–Crippen LogP) is 0.810. The fourth-order valence-electron chi connectivity index (χ4n) is 1.07. The molecule has 0 aliphatic heterocycles. The molecule has 0 aliphatic carbocycles. The second kappa shape index (κ2) is 6.85. The number of carbonyl (C=O) groups excluding carboxylic acids is 1. The molecule has 0 saturated heterocycles. The van der Waals surface area contributed by atoms with Gasteiger partial charge in [0.2, 0.25) is 0 Å². The van der Waals surface area contributed by atoms with Gasteiger partial charge in [0.1, 0.15) is 5.75 Å². The second-order valence-corrected chi connectivity index (χ2v) is 3.69. The van der Waals surface area contributed by atoms with Gasteiger partial charge in [-0.2, -0.15) is 0 Å². The Kier molecular flexibility index (Phi) is 5.36. The van der Waals surface area contributed by atoms with Gasteiger partial charge in [-0.05, 0) is 18.1 Å². The molecule has 0 saturated carbocycles. The fraction of sp³-hybridized carbons (Fsp3) is 0.417. The molecule has 1 amide bonds. The van der Waals surface area contributed by atoms with Crippen LogP contribution in [0, 0.1) is 5.92 Å². The van der Waals surface area contributed by atoms with Crippen LogP contribution in [0.15, 0.2) is 30.3 Å². The Hall–Kier alpha value is -1.55. The maximum Gasteiger partial charge on any atom is 0.257 e. The highest BCUT2D eigenvalue weighted by Gasteiger charge is 2.04. The topological polar surface area (TPSA) is 58.6 Å². The van der Waals surface area contributed by atoms with Crippen molar-refractivity contribution in [3.05, 3.63) is 30.3 Å². The van der Waals surface area contributed by atoms with Crippen LogP contribution in [0.2, 0.25) is 0 Å². The van der Waals surface area contributed by atoms with E-state index in [9.17, 15) is 4.79 Å². The number of amides is 1. The monoisotopic (exact) mass is 223 g/mol. The molecule has 0 aliphatic rings. The summed E-state index contributed by atoms with van der Waals surface area (Å²) < 4.78 is 5.26.